The van der Waals surface area contributed by atoms with E-state index in [1.807, 2.05) is 116 Å². The predicted molar refractivity (Wildman–Crippen MR) is 130 cm³/mol. The minimum absolute atomic E-state index is 0.146. The molecule has 0 aliphatic rings. The minimum atomic E-state index is -0.146. The van der Waals surface area contributed by atoms with Gasteiger partial charge in [-0.25, -0.2) is 4.99 Å². The number of amidine groups is 1. The third-order valence-electron chi connectivity index (χ3n) is 5.07. The Balaban J connectivity index is 1.89. The number of amides is 1. The third kappa shape index (κ3) is 4.76. The van der Waals surface area contributed by atoms with Crippen LogP contribution >= 0.6 is 0 Å². The fourth-order valence-corrected chi connectivity index (χ4v) is 3.35. The van der Waals surface area contributed by atoms with Crippen molar-refractivity contribution in [1.82, 2.24) is 0 Å². The highest BCUT2D eigenvalue weighted by Gasteiger charge is 2.24. The molecule has 0 fully saturated rings. The van der Waals surface area contributed by atoms with Crippen molar-refractivity contribution in [1.29, 1.82) is 0 Å². The van der Waals surface area contributed by atoms with E-state index in [1.54, 1.807) is 12.0 Å². The molecule has 0 aromatic heterocycles. The van der Waals surface area contributed by atoms with Crippen LogP contribution in [0.3, 0.4) is 0 Å². The first-order valence-electron chi connectivity index (χ1n) is 10.4. The Labute approximate surface area is 188 Å². The summed E-state index contributed by atoms with van der Waals surface area (Å²) in [5, 5.41) is 0. The fourth-order valence-electron chi connectivity index (χ4n) is 3.35. The molecular weight excluding hydrogens is 396 g/mol. The number of aliphatic imine (C=N–C) groups is 1. The van der Waals surface area contributed by atoms with E-state index in [0.29, 0.717) is 11.4 Å². The van der Waals surface area contributed by atoms with E-state index in [-0.39, 0.29) is 5.91 Å². The quantitative estimate of drug-likeness (QED) is 0.276. The largest absolute Gasteiger partial charge is 0.497 e. The number of carbonyl (C=O) groups is 1. The summed E-state index contributed by atoms with van der Waals surface area (Å²) in [6, 6.07) is 34.4. The van der Waals surface area contributed by atoms with Crippen molar-refractivity contribution in [2.75, 3.05) is 12.0 Å². The van der Waals surface area contributed by atoms with Crippen LogP contribution in [-0.2, 0) is 0 Å². The zero-order valence-electron chi connectivity index (χ0n) is 18.1. The molecule has 32 heavy (non-hydrogen) atoms. The van der Waals surface area contributed by atoms with Crippen LogP contribution < -0.4 is 9.64 Å². The lowest BCUT2D eigenvalue weighted by Gasteiger charge is -2.25. The Hall–Kier alpha value is -4.18. The SMILES string of the molecule is COc1ccc(N=C(c2ccccc2)N(C(=O)c2ccc(C)cc2)c2ccccc2)cc1. The van der Waals surface area contributed by atoms with Crippen LogP contribution in [0.5, 0.6) is 5.75 Å². The number of hydrogen-bond donors (Lipinski definition) is 0. The lowest BCUT2D eigenvalue weighted by molar-refractivity contribution is 0.100. The van der Waals surface area contributed by atoms with Crippen molar-refractivity contribution >= 4 is 23.1 Å². The molecule has 4 aromatic carbocycles. The second-order valence-corrected chi connectivity index (χ2v) is 7.34. The van der Waals surface area contributed by atoms with Crippen molar-refractivity contribution in [2.45, 2.75) is 6.92 Å². The Morgan fingerprint density at radius 2 is 1.31 bits per heavy atom. The monoisotopic (exact) mass is 420 g/mol. The van der Waals surface area contributed by atoms with Gasteiger partial charge in [0.2, 0.25) is 0 Å². The van der Waals surface area contributed by atoms with Crippen molar-refractivity contribution < 1.29 is 9.53 Å². The molecule has 0 aliphatic heterocycles. The average Bonchev–Trinajstić information content (AvgIpc) is 2.85. The highest BCUT2D eigenvalue weighted by Crippen LogP contribution is 2.25. The van der Waals surface area contributed by atoms with Gasteiger partial charge in [0.15, 0.2) is 0 Å². The van der Waals surface area contributed by atoms with E-state index in [9.17, 15) is 4.79 Å². The summed E-state index contributed by atoms with van der Waals surface area (Å²) in [4.78, 5) is 20.4. The first-order chi connectivity index (χ1) is 15.7. The number of carbonyl (C=O) groups excluding carboxylic acids is 1. The van der Waals surface area contributed by atoms with E-state index >= 15 is 0 Å². The molecule has 0 radical (unpaired) electrons. The number of aryl methyl sites for hydroxylation is 1. The van der Waals surface area contributed by atoms with Crippen LogP contribution in [0.1, 0.15) is 21.5 Å². The fraction of sp³-hybridized carbons (Fsp3) is 0.0714. The lowest BCUT2D eigenvalue weighted by Crippen LogP contribution is -2.37. The van der Waals surface area contributed by atoms with Gasteiger partial charge in [0, 0.05) is 11.1 Å². The van der Waals surface area contributed by atoms with Gasteiger partial charge in [-0.1, -0.05) is 66.2 Å². The maximum atomic E-state index is 13.8. The summed E-state index contributed by atoms with van der Waals surface area (Å²) in [6.07, 6.45) is 0. The van der Waals surface area contributed by atoms with Crippen LogP contribution in [-0.4, -0.2) is 18.9 Å². The molecule has 0 saturated carbocycles. The molecule has 158 valence electrons. The van der Waals surface area contributed by atoms with Crippen LogP contribution in [0, 0.1) is 6.92 Å². The zero-order chi connectivity index (χ0) is 22.3. The molecule has 1 amide bonds. The number of nitrogens with zero attached hydrogens (tertiary/aromatic N) is 2. The summed E-state index contributed by atoms with van der Waals surface area (Å²) >= 11 is 0. The van der Waals surface area contributed by atoms with Crippen molar-refractivity contribution in [3.8, 4) is 5.75 Å². The van der Waals surface area contributed by atoms with Gasteiger partial charge in [-0.15, -0.1) is 0 Å². The molecule has 0 bridgehead atoms. The van der Waals surface area contributed by atoms with Gasteiger partial charge in [-0.3, -0.25) is 9.69 Å². The molecular formula is C28H24N2O2. The summed E-state index contributed by atoms with van der Waals surface area (Å²) in [6.45, 7) is 2.00. The molecule has 0 heterocycles. The van der Waals surface area contributed by atoms with E-state index < -0.39 is 0 Å². The topological polar surface area (TPSA) is 41.9 Å². The van der Waals surface area contributed by atoms with E-state index in [2.05, 4.69) is 0 Å². The number of rotatable bonds is 5. The van der Waals surface area contributed by atoms with Crippen LogP contribution in [0.15, 0.2) is 114 Å². The van der Waals surface area contributed by atoms with Crippen LogP contribution in [0.25, 0.3) is 0 Å². The molecule has 0 spiro atoms. The third-order valence-corrected chi connectivity index (χ3v) is 5.07. The summed E-state index contributed by atoms with van der Waals surface area (Å²) in [5.74, 6) is 1.15. The summed E-state index contributed by atoms with van der Waals surface area (Å²) < 4.78 is 5.27. The minimum Gasteiger partial charge on any atom is -0.497 e. The Kier molecular flexibility index (Phi) is 6.42. The van der Waals surface area contributed by atoms with Crippen LogP contribution in [0.2, 0.25) is 0 Å². The van der Waals surface area contributed by atoms with E-state index in [1.165, 1.54) is 0 Å². The van der Waals surface area contributed by atoms with E-state index in [4.69, 9.17) is 9.73 Å². The maximum absolute atomic E-state index is 13.8. The smallest absolute Gasteiger partial charge is 0.264 e. The Bertz CT molecular complexity index is 1200. The highest BCUT2D eigenvalue weighted by atomic mass is 16.5. The van der Waals surface area contributed by atoms with Gasteiger partial charge in [0.1, 0.15) is 11.6 Å². The number of ether oxygens (including phenoxy) is 1. The molecule has 4 nitrogen and oxygen atoms in total. The second kappa shape index (κ2) is 9.75. The van der Waals surface area contributed by atoms with Gasteiger partial charge < -0.3 is 4.74 Å². The van der Waals surface area contributed by atoms with Gasteiger partial charge >= 0.3 is 0 Å². The summed E-state index contributed by atoms with van der Waals surface area (Å²) in [7, 11) is 1.63. The molecule has 0 atom stereocenters. The first-order valence-corrected chi connectivity index (χ1v) is 10.4. The number of hydrogen-bond acceptors (Lipinski definition) is 3. The zero-order valence-corrected chi connectivity index (χ0v) is 18.1. The first kappa shape index (κ1) is 21.1. The van der Waals surface area contributed by atoms with Gasteiger partial charge in [-0.05, 0) is 55.5 Å². The molecule has 0 aliphatic carbocycles. The average molecular weight is 421 g/mol. The second-order valence-electron chi connectivity index (χ2n) is 7.34. The maximum Gasteiger partial charge on any atom is 0.264 e. The van der Waals surface area contributed by atoms with Crippen molar-refractivity contribution in [3.05, 3.63) is 126 Å². The Morgan fingerprint density at radius 1 is 0.719 bits per heavy atom. The number of methoxy groups -OCH3 is 1. The molecule has 0 saturated heterocycles. The normalized spacial score (nSPS) is 11.1. The predicted octanol–water partition coefficient (Wildman–Crippen LogP) is 6.43. The Morgan fingerprint density at radius 3 is 1.91 bits per heavy atom. The molecule has 4 rings (SSSR count). The number of benzene rings is 4. The van der Waals surface area contributed by atoms with Gasteiger partial charge in [0.25, 0.3) is 5.91 Å². The van der Waals surface area contributed by atoms with Crippen LogP contribution in [0.4, 0.5) is 11.4 Å². The molecule has 0 N–H and O–H groups in total. The van der Waals surface area contributed by atoms with Crippen molar-refractivity contribution in [3.63, 3.8) is 0 Å². The molecule has 0 unspecified atom stereocenters. The number of para-hydroxylation sites is 1. The van der Waals surface area contributed by atoms with E-state index in [0.717, 1.165) is 28.3 Å². The standard InChI is InChI=1S/C28H24N2O2/c1-21-13-15-23(16-14-21)28(31)30(25-11-7-4-8-12-25)27(22-9-5-3-6-10-22)29-24-17-19-26(32-2)20-18-24/h3-20H,1-2H3. The van der Waals surface area contributed by atoms with Gasteiger partial charge in [-0.2, -0.15) is 0 Å². The summed E-state index contributed by atoms with van der Waals surface area (Å²) in [5.41, 5.74) is 4.00. The highest BCUT2D eigenvalue weighted by molar-refractivity contribution is 6.28. The van der Waals surface area contributed by atoms with Crippen molar-refractivity contribution in [2.24, 2.45) is 4.99 Å². The lowest BCUT2D eigenvalue weighted by atomic mass is 10.1. The van der Waals surface area contributed by atoms with Gasteiger partial charge in [0.05, 0.1) is 18.5 Å². The molecule has 4 aromatic rings. The number of anilines is 1. The molecule has 4 heteroatoms.